The minimum absolute atomic E-state index is 0.0351. The van der Waals surface area contributed by atoms with Crippen molar-refractivity contribution in [3.05, 3.63) is 41.1 Å². The topological polar surface area (TPSA) is 97.3 Å². The Hall–Kier alpha value is -2.95. The van der Waals surface area contributed by atoms with Crippen LogP contribution < -0.4 is 5.32 Å². The van der Waals surface area contributed by atoms with E-state index in [4.69, 9.17) is 16.3 Å². The number of halogens is 4. The Balaban J connectivity index is 1.69. The molecule has 0 aliphatic carbocycles. The number of aromatic nitrogens is 3. The molecule has 0 bridgehead atoms. The van der Waals surface area contributed by atoms with Crippen molar-refractivity contribution < 1.29 is 27.5 Å². The van der Waals surface area contributed by atoms with Gasteiger partial charge in [-0.15, -0.1) is 0 Å². The van der Waals surface area contributed by atoms with Crippen LogP contribution in [0.2, 0.25) is 5.02 Å². The first kappa shape index (κ1) is 24.7. The molecule has 33 heavy (non-hydrogen) atoms. The Morgan fingerprint density at radius 2 is 1.85 bits per heavy atom. The van der Waals surface area contributed by atoms with E-state index in [0.717, 1.165) is 12.4 Å². The van der Waals surface area contributed by atoms with E-state index < -0.39 is 29.7 Å². The van der Waals surface area contributed by atoms with Gasteiger partial charge in [-0.2, -0.15) is 13.2 Å². The van der Waals surface area contributed by atoms with Gasteiger partial charge in [0.05, 0.1) is 10.7 Å². The molecule has 1 fully saturated rings. The zero-order chi connectivity index (χ0) is 24.4. The van der Waals surface area contributed by atoms with Crippen molar-refractivity contribution in [2.45, 2.75) is 58.0 Å². The summed E-state index contributed by atoms with van der Waals surface area (Å²) in [5, 5.41) is 3.02. The van der Waals surface area contributed by atoms with Crippen LogP contribution in [0.5, 0.6) is 0 Å². The van der Waals surface area contributed by atoms with Crippen molar-refractivity contribution in [1.82, 2.24) is 25.2 Å². The van der Waals surface area contributed by atoms with Crippen LogP contribution in [0.15, 0.2) is 24.7 Å². The van der Waals surface area contributed by atoms with E-state index in [1.165, 1.54) is 17.2 Å². The normalized spacial score (nSPS) is 16.6. The van der Waals surface area contributed by atoms with Crippen LogP contribution in [0.4, 0.5) is 18.0 Å². The van der Waals surface area contributed by atoms with E-state index in [2.05, 4.69) is 20.3 Å². The number of nitrogens with zero attached hydrogens (tertiary/aromatic N) is 4. The average molecular weight is 486 g/mol. The molecular formula is C21H23ClF3N5O3. The van der Waals surface area contributed by atoms with Gasteiger partial charge in [-0.25, -0.2) is 14.8 Å². The summed E-state index contributed by atoms with van der Waals surface area (Å²) in [6.07, 6.45) is -0.647. The Kier molecular flexibility index (Phi) is 7.11. The van der Waals surface area contributed by atoms with E-state index >= 15 is 0 Å². The lowest BCUT2D eigenvalue weighted by atomic mass is 10.1. The highest BCUT2D eigenvalue weighted by Crippen LogP contribution is 2.28. The first-order valence-electron chi connectivity index (χ1n) is 10.2. The number of hydrogen-bond donors (Lipinski definition) is 1. The molecule has 3 rings (SSSR count). The lowest BCUT2D eigenvalue weighted by molar-refractivity contribution is -0.145. The molecule has 2 aromatic rings. The zero-order valence-electron chi connectivity index (χ0n) is 18.2. The van der Waals surface area contributed by atoms with Gasteiger partial charge in [-0.3, -0.25) is 14.7 Å². The zero-order valence-corrected chi connectivity index (χ0v) is 19.0. The fraction of sp³-hybridized carbons (Fsp3) is 0.476. The number of amides is 2. The predicted octanol–water partition coefficient (Wildman–Crippen LogP) is 4.23. The molecule has 1 saturated heterocycles. The fourth-order valence-electron chi connectivity index (χ4n) is 3.26. The molecule has 0 unspecified atom stereocenters. The predicted molar refractivity (Wildman–Crippen MR) is 113 cm³/mol. The SMILES string of the molecule is CC(C)(C)OC(=O)N1CCC[C@H]1C(=O)NCc1cc(-c2cnc(C(F)(F)F)nc2)ncc1Cl. The number of carbonyl (C=O) groups excluding carboxylic acids is 2. The third-order valence-corrected chi connectivity index (χ3v) is 5.11. The molecule has 2 aromatic heterocycles. The van der Waals surface area contributed by atoms with E-state index in [-0.39, 0.29) is 23.0 Å². The molecule has 2 amide bonds. The summed E-state index contributed by atoms with van der Waals surface area (Å²) in [5.74, 6) is -1.61. The van der Waals surface area contributed by atoms with Gasteiger partial charge >= 0.3 is 12.3 Å². The molecule has 0 saturated carbocycles. The van der Waals surface area contributed by atoms with Gasteiger partial charge in [0, 0.05) is 37.2 Å². The second kappa shape index (κ2) is 9.50. The standard InChI is InChI=1S/C21H23ClF3N5O3/c1-20(2,3)33-19(32)30-6-4-5-16(30)17(31)27-8-12-7-15(26-11-14(12)22)13-9-28-18(29-10-13)21(23,24)25/h7,9-11,16H,4-6,8H2,1-3H3,(H,27,31)/t16-/m0/s1. The van der Waals surface area contributed by atoms with Gasteiger partial charge in [0.25, 0.3) is 0 Å². The maximum Gasteiger partial charge on any atom is 0.451 e. The molecule has 0 aromatic carbocycles. The second-order valence-electron chi connectivity index (χ2n) is 8.50. The largest absolute Gasteiger partial charge is 0.451 e. The van der Waals surface area contributed by atoms with E-state index in [0.29, 0.717) is 30.6 Å². The molecule has 3 heterocycles. The first-order chi connectivity index (χ1) is 15.3. The highest BCUT2D eigenvalue weighted by Gasteiger charge is 2.36. The molecule has 1 aliphatic rings. The molecule has 1 N–H and O–H groups in total. The summed E-state index contributed by atoms with van der Waals surface area (Å²) >= 11 is 6.19. The van der Waals surface area contributed by atoms with Crippen molar-refractivity contribution in [2.24, 2.45) is 0 Å². The second-order valence-corrected chi connectivity index (χ2v) is 8.91. The number of ether oxygens (including phenoxy) is 1. The summed E-state index contributed by atoms with van der Waals surface area (Å²) in [6, 6.07) is 0.873. The van der Waals surface area contributed by atoms with Crippen LogP contribution >= 0.6 is 11.6 Å². The molecule has 0 radical (unpaired) electrons. The number of rotatable bonds is 4. The van der Waals surface area contributed by atoms with Crippen LogP contribution in [-0.4, -0.2) is 50.0 Å². The summed E-state index contributed by atoms with van der Waals surface area (Å²) < 4.78 is 43.4. The first-order valence-corrected chi connectivity index (χ1v) is 10.5. The molecule has 0 spiro atoms. The quantitative estimate of drug-likeness (QED) is 0.696. The van der Waals surface area contributed by atoms with Crippen molar-refractivity contribution in [1.29, 1.82) is 0 Å². The molecule has 1 aliphatic heterocycles. The van der Waals surface area contributed by atoms with Crippen LogP contribution in [-0.2, 0) is 22.3 Å². The molecular weight excluding hydrogens is 463 g/mol. The fourth-order valence-corrected chi connectivity index (χ4v) is 3.43. The number of nitrogens with one attached hydrogen (secondary N) is 1. The summed E-state index contributed by atoms with van der Waals surface area (Å²) in [6.45, 7) is 5.71. The van der Waals surface area contributed by atoms with E-state index in [9.17, 15) is 22.8 Å². The lowest BCUT2D eigenvalue weighted by Crippen LogP contribution is -2.47. The van der Waals surface area contributed by atoms with Gasteiger partial charge in [-0.1, -0.05) is 11.6 Å². The number of hydrogen-bond acceptors (Lipinski definition) is 6. The minimum Gasteiger partial charge on any atom is -0.444 e. The Morgan fingerprint density at radius 3 is 2.45 bits per heavy atom. The smallest absolute Gasteiger partial charge is 0.444 e. The van der Waals surface area contributed by atoms with Gasteiger partial charge in [0.2, 0.25) is 11.7 Å². The minimum atomic E-state index is -4.64. The molecule has 178 valence electrons. The third-order valence-electron chi connectivity index (χ3n) is 4.77. The van der Waals surface area contributed by atoms with Crippen LogP contribution in [0, 0.1) is 0 Å². The van der Waals surface area contributed by atoms with Crippen LogP contribution in [0.25, 0.3) is 11.3 Å². The Bertz CT molecular complexity index is 1030. The lowest BCUT2D eigenvalue weighted by Gasteiger charge is -2.28. The number of likely N-dealkylation sites (tertiary alicyclic amines) is 1. The maximum atomic E-state index is 12.8. The van der Waals surface area contributed by atoms with Gasteiger partial charge < -0.3 is 10.1 Å². The highest BCUT2D eigenvalue weighted by atomic mass is 35.5. The number of pyridine rings is 1. The average Bonchev–Trinajstić information content (AvgIpc) is 3.21. The van der Waals surface area contributed by atoms with E-state index in [1.807, 2.05) is 0 Å². The van der Waals surface area contributed by atoms with Gasteiger partial charge in [0.15, 0.2) is 0 Å². The van der Waals surface area contributed by atoms with Crippen LogP contribution in [0.1, 0.15) is 45.0 Å². The van der Waals surface area contributed by atoms with Crippen molar-refractivity contribution >= 4 is 23.6 Å². The number of alkyl halides is 3. The third kappa shape index (κ3) is 6.31. The summed E-state index contributed by atoms with van der Waals surface area (Å²) in [7, 11) is 0. The van der Waals surface area contributed by atoms with Crippen molar-refractivity contribution in [3.63, 3.8) is 0 Å². The van der Waals surface area contributed by atoms with E-state index in [1.54, 1.807) is 20.8 Å². The number of carbonyl (C=O) groups is 2. The van der Waals surface area contributed by atoms with Crippen molar-refractivity contribution in [3.8, 4) is 11.3 Å². The highest BCUT2D eigenvalue weighted by molar-refractivity contribution is 6.31. The van der Waals surface area contributed by atoms with Gasteiger partial charge in [-0.05, 0) is 45.2 Å². The molecule has 8 nitrogen and oxygen atoms in total. The Morgan fingerprint density at radius 1 is 1.18 bits per heavy atom. The molecule has 12 heteroatoms. The van der Waals surface area contributed by atoms with Crippen LogP contribution in [0.3, 0.4) is 0 Å². The maximum absolute atomic E-state index is 12.8. The summed E-state index contributed by atoms with van der Waals surface area (Å²) in [5.41, 5.74) is 0.383. The van der Waals surface area contributed by atoms with Crippen molar-refractivity contribution in [2.75, 3.05) is 6.54 Å². The summed E-state index contributed by atoms with van der Waals surface area (Å²) in [4.78, 5) is 37.3. The van der Waals surface area contributed by atoms with Gasteiger partial charge in [0.1, 0.15) is 11.6 Å². The monoisotopic (exact) mass is 485 g/mol. The molecule has 1 atom stereocenters. The Labute approximate surface area is 193 Å².